The number of aromatic nitrogens is 2. The molecule has 2 aromatic carbocycles. The number of aryl methyl sites for hydroxylation is 1. The molecule has 3 aromatic rings. The normalized spacial score (nSPS) is 11.3. The number of carbonyl (C=O) groups is 2. The number of nitrogens with two attached hydrogens (primary N) is 1. The predicted octanol–water partition coefficient (Wildman–Crippen LogP) is 3.29. The average Bonchev–Trinajstić information content (AvgIpc) is 3.09. The van der Waals surface area contributed by atoms with E-state index in [2.05, 4.69) is 15.6 Å². The highest BCUT2D eigenvalue weighted by atomic mass is 16.5. The molecule has 0 fully saturated rings. The van der Waals surface area contributed by atoms with Crippen molar-refractivity contribution in [1.82, 2.24) is 20.2 Å². The van der Waals surface area contributed by atoms with Crippen LogP contribution in [0.15, 0.2) is 48.5 Å². The summed E-state index contributed by atoms with van der Waals surface area (Å²) in [6.07, 6.45) is 0.203. The third kappa shape index (κ3) is 6.87. The van der Waals surface area contributed by atoms with Gasteiger partial charge < -0.3 is 30.6 Å². The second kappa shape index (κ2) is 10.9. The van der Waals surface area contributed by atoms with Crippen LogP contribution in [-0.4, -0.2) is 47.2 Å². The summed E-state index contributed by atoms with van der Waals surface area (Å²) >= 11 is 0. The molecule has 0 aliphatic heterocycles. The van der Waals surface area contributed by atoms with Crippen molar-refractivity contribution >= 4 is 34.7 Å². The first-order valence-electron chi connectivity index (χ1n) is 11.4. The molecule has 3 rings (SSSR count). The standard InChI is InChI=1S/C25H34N6O3/c1-25(2,3)29-21(32)16-30(4)19-12-8-13-20-22(19)28-23(26)31(20)15-9-14-27-24(33)34-17-18-10-6-5-7-11-18/h5-8,10-13H,9,14-17H2,1-4H3,(H2,26,28)(H,27,33)(H,29,32). The molecule has 1 aromatic heterocycles. The highest BCUT2D eigenvalue weighted by molar-refractivity contribution is 5.92. The monoisotopic (exact) mass is 466 g/mol. The zero-order chi connectivity index (χ0) is 24.7. The number of anilines is 2. The van der Waals surface area contributed by atoms with Crippen LogP contribution < -0.4 is 21.3 Å². The van der Waals surface area contributed by atoms with Crippen molar-refractivity contribution in [3.05, 3.63) is 54.1 Å². The first-order chi connectivity index (χ1) is 16.1. The zero-order valence-corrected chi connectivity index (χ0v) is 20.3. The molecule has 34 heavy (non-hydrogen) atoms. The van der Waals surface area contributed by atoms with Gasteiger partial charge in [-0.1, -0.05) is 36.4 Å². The van der Waals surface area contributed by atoms with Gasteiger partial charge in [0.2, 0.25) is 11.9 Å². The fourth-order valence-electron chi connectivity index (χ4n) is 3.65. The van der Waals surface area contributed by atoms with Crippen LogP contribution in [0.3, 0.4) is 0 Å². The molecule has 2 amide bonds. The minimum atomic E-state index is -0.454. The highest BCUT2D eigenvalue weighted by Crippen LogP contribution is 2.27. The van der Waals surface area contributed by atoms with E-state index in [4.69, 9.17) is 10.5 Å². The van der Waals surface area contributed by atoms with E-state index < -0.39 is 6.09 Å². The van der Waals surface area contributed by atoms with Gasteiger partial charge in [-0.15, -0.1) is 0 Å². The molecule has 182 valence electrons. The van der Waals surface area contributed by atoms with E-state index in [1.165, 1.54) is 0 Å². The third-order valence-corrected chi connectivity index (χ3v) is 5.13. The Morgan fingerprint density at radius 3 is 2.56 bits per heavy atom. The van der Waals surface area contributed by atoms with Gasteiger partial charge in [0.1, 0.15) is 12.1 Å². The predicted molar refractivity (Wildman–Crippen MR) is 135 cm³/mol. The maximum absolute atomic E-state index is 12.4. The van der Waals surface area contributed by atoms with Crippen molar-refractivity contribution in [1.29, 1.82) is 0 Å². The molecule has 0 radical (unpaired) electrons. The zero-order valence-electron chi connectivity index (χ0n) is 20.3. The van der Waals surface area contributed by atoms with Crippen LogP contribution in [-0.2, 0) is 22.7 Å². The van der Waals surface area contributed by atoms with E-state index in [-0.39, 0.29) is 24.6 Å². The number of carbonyl (C=O) groups excluding carboxylic acids is 2. The molecule has 0 saturated carbocycles. The Bertz CT molecular complexity index is 1120. The van der Waals surface area contributed by atoms with Crippen molar-refractivity contribution in [3.8, 4) is 0 Å². The Kier molecular flexibility index (Phi) is 7.99. The van der Waals surface area contributed by atoms with Crippen LogP contribution in [0.1, 0.15) is 32.8 Å². The Morgan fingerprint density at radius 1 is 1.12 bits per heavy atom. The lowest BCUT2D eigenvalue weighted by atomic mass is 10.1. The minimum Gasteiger partial charge on any atom is -0.445 e. The number of nitrogen functional groups attached to an aromatic ring is 1. The highest BCUT2D eigenvalue weighted by Gasteiger charge is 2.18. The van der Waals surface area contributed by atoms with E-state index in [1.54, 1.807) is 0 Å². The summed E-state index contributed by atoms with van der Waals surface area (Å²) < 4.78 is 7.15. The number of hydrogen-bond donors (Lipinski definition) is 3. The third-order valence-electron chi connectivity index (χ3n) is 5.13. The van der Waals surface area contributed by atoms with E-state index in [0.717, 1.165) is 22.3 Å². The molecule has 0 spiro atoms. The fraction of sp³-hybridized carbons (Fsp3) is 0.400. The van der Waals surface area contributed by atoms with Crippen LogP contribution in [0, 0.1) is 0 Å². The van der Waals surface area contributed by atoms with Gasteiger partial charge in [0.15, 0.2) is 0 Å². The summed E-state index contributed by atoms with van der Waals surface area (Å²) in [7, 11) is 1.86. The van der Waals surface area contributed by atoms with Crippen LogP contribution in [0.5, 0.6) is 0 Å². The SMILES string of the molecule is CN(CC(=O)NC(C)(C)C)c1cccc2c1nc(N)n2CCCNC(=O)OCc1ccccc1. The number of likely N-dealkylation sites (N-methyl/N-ethyl adjacent to an activating group) is 1. The number of benzene rings is 2. The number of hydrogen-bond acceptors (Lipinski definition) is 6. The van der Waals surface area contributed by atoms with Gasteiger partial charge in [-0.3, -0.25) is 4.79 Å². The summed E-state index contributed by atoms with van der Waals surface area (Å²) in [5.41, 5.74) is 9.29. The molecule has 4 N–H and O–H groups in total. The Morgan fingerprint density at radius 2 is 1.85 bits per heavy atom. The summed E-state index contributed by atoms with van der Waals surface area (Å²) in [4.78, 5) is 30.7. The quantitative estimate of drug-likeness (QED) is 0.417. The largest absolute Gasteiger partial charge is 0.445 e. The summed E-state index contributed by atoms with van der Waals surface area (Å²) in [5.74, 6) is 0.325. The molecule has 1 heterocycles. The topological polar surface area (TPSA) is 115 Å². The number of fused-ring (bicyclic) bond motifs is 1. The average molecular weight is 467 g/mol. The lowest BCUT2D eigenvalue weighted by Crippen LogP contribution is -2.45. The number of para-hydroxylation sites is 1. The molecule has 0 aliphatic rings. The second-order valence-corrected chi connectivity index (χ2v) is 9.26. The van der Waals surface area contributed by atoms with Gasteiger partial charge in [-0.05, 0) is 44.9 Å². The van der Waals surface area contributed by atoms with E-state index >= 15 is 0 Å². The van der Waals surface area contributed by atoms with Gasteiger partial charge in [-0.25, -0.2) is 9.78 Å². The molecule has 0 unspecified atom stereocenters. The van der Waals surface area contributed by atoms with E-state index in [9.17, 15) is 9.59 Å². The smallest absolute Gasteiger partial charge is 0.407 e. The van der Waals surface area contributed by atoms with Crippen LogP contribution in [0.25, 0.3) is 11.0 Å². The number of nitrogens with one attached hydrogen (secondary N) is 2. The van der Waals surface area contributed by atoms with Crippen molar-refractivity contribution < 1.29 is 14.3 Å². The van der Waals surface area contributed by atoms with Gasteiger partial charge >= 0.3 is 6.09 Å². The number of alkyl carbamates (subject to hydrolysis) is 1. The Balaban J connectivity index is 1.56. The second-order valence-electron chi connectivity index (χ2n) is 9.26. The number of ether oxygens (including phenoxy) is 1. The van der Waals surface area contributed by atoms with Gasteiger partial charge in [0.25, 0.3) is 0 Å². The molecule has 9 heteroatoms. The molecule has 9 nitrogen and oxygen atoms in total. The first kappa shape index (κ1) is 24.9. The van der Waals surface area contributed by atoms with E-state index in [0.29, 0.717) is 25.5 Å². The maximum Gasteiger partial charge on any atom is 0.407 e. The summed E-state index contributed by atoms with van der Waals surface area (Å²) in [5, 5.41) is 5.73. The summed E-state index contributed by atoms with van der Waals surface area (Å²) in [6, 6.07) is 15.3. The molecular weight excluding hydrogens is 432 g/mol. The van der Waals surface area contributed by atoms with Gasteiger partial charge in [0, 0.05) is 25.7 Å². The van der Waals surface area contributed by atoms with Crippen LogP contribution in [0.2, 0.25) is 0 Å². The molecule has 0 bridgehead atoms. The van der Waals surface area contributed by atoms with Crippen LogP contribution >= 0.6 is 0 Å². The molecule has 0 aliphatic carbocycles. The maximum atomic E-state index is 12.4. The lowest BCUT2D eigenvalue weighted by molar-refractivity contribution is -0.121. The number of nitrogens with zero attached hydrogens (tertiary/aromatic N) is 3. The van der Waals surface area contributed by atoms with Crippen molar-refractivity contribution in [2.45, 2.75) is 45.9 Å². The van der Waals surface area contributed by atoms with Gasteiger partial charge in [0.05, 0.1) is 17.7 Å². The van der Waals surface area contributed by atoms with Crippen molar-refractivity contribution in [3.63, 3.8) is 0 Å². The van der Waals surface area contributed by atoms with Crippen molar-refractivity contribution in [2.75, 3.05) is 30.8 Å². The Labute approximate surface area is 200 Å². The number of rotatable bonds is 9. The first-order valence-corrected chi connectivity index (χ1v) is 11.4. The minimum absolute atomic E-state index is 0.0652. The van der Waals surface area contributed by atoms with Gasteiger partial charge in [-0.2, -0.15) is 0 Å². The van der Waals surface area contributed by atoms with Crippen molar-refractivity contribution in [2.24, 2.45) is 0 Å². The van der Waals surface area contributed by atoms with E-state index in [1.807, 2.05) is 85.8 Å². The molecule has 0 saturated heterocycles. The molecular formula is C25H34N6O3. The lowest BCUT2D eigenvalue weighted by Gasteiger charge is -2.24. The number of amides is 2. The summed E-state index contributed by atoms with van der Waals surface area (Å²) in [6.45, 7) is 7.32. The number of imidazole rings is 1. The molecule has 0 atom stereocenters. The fourth-order valence-corrected chi connectivity index (χ4v) is 3.65. The van der Waals surface area contributed by atoms with Crippen LogP contribution in [0.4, 0.5) is 16.4 Å². The Hall–Kier alpha value is -3.75.